The Kier molecular flexibility index (Phi) is 5.00. The van der Waals surface area contributed by atoms with Crippen molar-refractivity contribution in [2.45, 2.75) is 39.8 Å². The predicted molar refractivity (Wildman–Crippen MR) is 92.7 cm³/mol. The van der Waals surface area contributed by atoms with Gasteiger partial charge in [0, 0.05) is 24.7 Å². The van der Waals surface area contributed by atoms with Crippen molar-refractivity contribution in [2.75, 3.05) is 20.1 Å². The van der Waals surface area contributed by atoms with Crippen LogP contribution in [0.3, 0.4) is 0 Å². The summed E-state index contributed by atoms with van der Waals surface area (Å²) >= 11 is 0. The van der Waals surface area contributed by atoms with E-state index in [2.05, 4.69) is 16.1 Å². The van der Waals surface area contributed by atoms with Crippen LogP contribution in [0.4, 0.5) is 0 Å². The number of hydrogen-bond donors (Lipinski definition) is 0. The molecule has 1 fully saturated rings. The summed E-state index contributed by atoms with van der Waals surface area (Å²) in [4.78, 5) is 16.9. The van der Waals surface area contributed by atoms with Crippen molar-refractivity contribution in [3.8, 4) is 0 Å². The van der Waals surface area contributed by atoms with Crippen molar-refractivity contribution in [2.24, 2.45) is 0 Å². The van der Waals surface area contributed by atoms with Gasteiger partial charge in [0.15, 0.2) is 0 Å². The first kappa shape index (κ1) is 16.7. The fraction of sp³-hybridized carbons (Fsp3) is 0.474. The molecule has 0 aliphatic carbocycles. The largest absolute Gasteiger partial charge is 0.361 e. The quantitative estimate of drug-likeness (QED) is 0.846. The molecule has 128 valence electrons. The molecule has 0 N–H and O–H groups in total. The number of benzene rings is 1. The van der Waals surface area contributed by atoms with Crippen LogP contribution in [0.1, 0.15) is 45.8 Å². The summed E-state index contributed by atoms with van der Waals surface area (Å²) in [6.07, 6.45) is 2.55. The van der Waals surface area contributed by atoms with Gasteiger partial charge in [0.05, 0.1) is 12.2 Å². The third-order valence-corrected chi connectivity index (χ3v) is 4.70. The van der Waals surface area contributed by atoms with Crippen molar-refractivity contribution < 1.29 is 9.32 Å². The van der Waals surface area contributed by atoms with Gasteiger partial charge in [-0.1, -0.05) is 17.3 Å². The van der Waals surface area contributed by atoms with E-state index >= 15 is 0 Å². The maximum absolute atomic E-state index is 12.7. The number of carbonyl (C=O) groups is 1. The average molecular weight is 327 g/mol. The van der Waals surface area contributed by atoms with Crippen LogP contribution in [0.2, 0.25) is 0 Å². The SMILES string of the molecule is Cc1noc(C)c1CN(C)C(=O)c1cccc(CN2CCCC2)c1. The van der Waals surface area contributed by atoms with Crippen LogP contribution >= 0.6 is 0 Å². The van der Waals surface area contributed by atoms with Crippen molar-refractivity contribution in [3.05, 3.63) is 52.4 Å². The van der Waals surface area contributed by atoms with Gasteiger partial charge in [-0.05, 0) is 57.5 Å². The minimum atomic E-state index is 0.0262. The van der Waals surface area contributed by atoms with Gasteiger partial charge in [-0.2, -0.15) is 0 Å². The molecule has 1 aliphatic rings. The van der Waals surface area contributed by atoms with Crippen LogP contribution in [0, 0.1) is 13.8 Å². The van der Waals surface area contributed by atoms with Gasteiger partial charge in [-0.25, -0.2) is 0 Å². The monoisotopic (exact) mass is 327 g/mol. The highest BCUT2D eigenvalue weighted by atomic mass is 16.5. The molecule has 24 heavy (non-hydrogen) atoms. The maximum atomic E-state index is 12.7. The molecule has 1 aliphatic heterocycles. The van der Waals surface area contributed by atoms with E-state index in [4.69, 9.17) is 4.52 Å². The lowest BCUT2D eigenvalue weighted by Crippen LogP contribution is -2.27. The zero-order chi connectivity index (χ0) is 17.1. The highest BCUT2D eigenvalue weighted by molar-refractivity contribution is 5.94. The van der Waals surface area contributed by atoms with E-state index in [1.54, 1.807) is 4.90 Å². The van der Waals surface area contributed by atoms with E-state index in [9.17, 15) is 4.79 Å². The summed E-state index contributed by atoms with van der Waals surface area (Å²) in [6.45, 7) is 7.53. The first-order valence-electron chi connectivity index (χ1n) is 8.53. The van der Waals surface area contributed by atoms with E-state index < -0.39 is 0 Å². The first-order valence-corrected chi connectivity index (χ1v) is 8.53. The molecular formula is C19H25N3O2. The molecule has 1 saturated heterocycles. The van der Waals surface area contributed by atoms with Gasteiger partial charge in [-0.3, -0.25) is 9.69 Å². The Bertz CT molecular complexity index is 698. The molecule has 3 rings (SSSR count). The van der Waals surface area contributed by atoms with Crippen molar-refractivity contribution in [1.29, 1.82) is 0 Å². The standard InChI is InChI=1S/C19H25N3O2/c1-14-18(15(2)24-20-14)13-21(3)19(23)17-8-6-7-16(11-17)12-22-9-4-5-10-22/h6-8,11H,4-5,9-10,12-13H2,1-3H3. The number of aryl methyl sites for hydroxylation is 2. The minimum Gasteiger partial charge on any atom is -0.361 e. The third kappa shape index (κ3) is 3.67. The number of likely N-dealkylation sites (tertiary alicyclic amines) is 1. The second kappa shape index (κ2) is 7.18. The predicted octanol–water partition coefficient (Wildman–Crippen LogP) is 3.16. The normalized spacial score (nSPS) is 15.0. The molecule has 1 aromatic carbocycles. The maximum Gasteiger partial charge on any atom is 0.253 e. The molecule has 2 aromatic rings. The van der Waals surface area contributed by atoms with Crippen LogP contribution in [0.15, 0.2) is 28.8 Å². The fourth-order valence-corrected chi connectivity index (χ4v) is 3.26. The number of hydrogen-bond acceptors (Lipinski definition) is 4. The van der Waals surface area contributed by atoms with Gasteiger partial charge >= 0.3 is 0 Å². The molecule has 2 heterocycles. The Labute approximate surface area is 143 Å². The van der Waals surface area contributed by atoms with Crippen molar-refractivity contribution >= 4 is 5.91 Å². The van der Waals surface area contributed by atoms with Crippen molar-refractivity contribution in [3.63, 3.8) is 0 Å². The average Bonchev–Trinajstić information content (AvgIpc) is 3.19. The molecule has 0 saturated carbocycles. The molecule has 0 atom stereocenters. The molecule has 0 radical (unpaired) electrons. The molecule has 5 nitrogen and oxygen atoms in total. The molecule has 1 aromatic heterocycles. The highest BCUT2D eigenvalue weighted by Gasteiger charge is 2.18. The van der Waals surface area contributed by atoms with Crippen LogP contribution in [-0.4, -0.2) is 41.0 Å². The van der Waals surface area contributed by atoms with E-state index in [1.807, 2.05) is 39.1 Å². The molecule has 0 bridgehead atoms. The van der Waals surface area contributed by atoms with Gasteiger partial charge in [0.2, 0.25) is 0 Å². The number of carbonyl (C=O) groups excluding carboxylic acids is 1. The summed E-state index contributed by atoms with van der Waals surface area (Å²) < 4.78 is 5.18. The Balaban J connectivity index is 1.69. The summed E-state index contributed by atoms with van der Waals surface area (Å²) in [6, 6.07) is 7.98. The summed E-state index contributed by atoms with van der Waals surface area (Å²) in [5.74, 6) is 0.799. The molecule has 0 unspecified atom stereocenters. The number of aromatic nitrogens is 1. The smallest absolute Gasteiger partial charge is 0.253 e. The summed E-state index contributed by atoms with van der Waals surface area (Å²) in [5.41, 5.74) is 3.77. The van der Waals surface area contributed by atoms with Gasteiger partial charge in [0.1, 0.15) is 5.76 Å². The second-order valence-electron chi connectivity index (χ2n) is 6.65. The summed E-state index contributed by atoms with van der Waals surface area (Å²) in [5, 5.41) is 3.95. The summed E-state index contributed by atoms with van der Waals surface area (Å²) in [7, 11) is 1.82. The third-order valence-electron chi connectivity index (χ3n) is 4.70. The van der Waals surface area contributed by atoms with Crippen LogP contribution < -0.4 is 0 Å². The Morgan fingerprint density at radius 2 is 2.04 bits per heavy atom. The number of amides is 1. The highest BCUT2D eigenvalue weighted by Crippen LogP contribution is 2.17. The van der Waals surface area contributed by atoms with Gasteiger partial charge in [-0.15, -0.1) is 0 Å². The zero-order valence-corrected chi connectivity index (χ0v) is 14.7. The Morgan fingerprint density at radius 1 is 1.29 bits per heavy atom. The lowest BCUT2D eigenvalue weighted by molar-refractivity contribution is 0.0784. The van der Waals surface area contributed by atoms with E-state index in [0.29, 0.717) is 6.54 Å². The Hall–Kier alpha value is -2.14. The fourth-order valence-electron chi connectivity index (χ4n) is 3.26. The number of rotatable bonds is 5. The first-order chi connectivity index (χ1) is 11.5. The van der Waals surface area contributed by atoms with Crippen LogP contribution in [0.25, 0.3) is 0 Å². The lowest BCUT2D eigenvalue weighted by Gasteiger charge is -2.19. The topological polar surface area (TPSA) is 49.6 Å². The van der Waals surface area contributed by atoms with Gasteiger partial charge < -0.3 is 9.42 Å². The number of nitrogens with zero attached hydrogens (tertiary/aromatic N) is 3. The lowest BCUT2D eigenvalue weighted by atomic mass is 10.1. The molecule has 1 amide bonds. The van der Waals surface area contributed by atoms with Crippen LogP contribution in [-0.2, 0) is 13.1 Å². The van der Waals surface area contributed by atoms with Crippen LogP contribution in [0.5, 0.6) is 0 Å². The molecular weight excluding hydrogens is 302 g/mol. The van der Waals surface area contributed by atoms with Crippen molar-refractivity contribution in [1.82, 2.24) is 15.0 Å². The van der Waals surface area contributed by atoms with E-state index in [-0.39, 0.29) is 5.91 Å². The van der Waals surface area contributed by atoms with E-state index in [0.717, 1.165) is 42.2 Å². The second-order valence-corrected chi connectivity index (χ2v) is 6.65. The zero-order valence-electron chi connectivity index (χ0n) is 14.7. The Morgan fingerprint density at radius 3 is 2.71 bits per heavy atom. The molecule has 0 spiro atoms. The van der Waals surface area contributed by atoms with E-state index in [1.165, 1.54) is 18.4 Å². The minimum absolute atomic E-state index is 0.0262. The molecule has 5 heteroatoms. The van der Waals surface area contributed by atoms with Gasteiger partial charge in [0.25, 0.3) is 5.91 Å².